The molecule has 0 aliphatic carbocycles. The first-order valence-corrected chi connectivity index (χ1v) is 8.68. The van der Waals surface area contributed by atoms with Crippen LogP contribution in [0.1, 0.15) is 26.3 Å². The summed E-state index contributed by atoms with van der Waals surface area (Å²) in [7, 11) is 0. The number of phenolic OH excluding ortho intramolecular Hbond substituents is 1. The number of anilines is 1. The summed E-state index contributed by atoms with van der Waals surface area (Å²) in [5.74, 6) is -6.02. The van der Waals surface area contributed by atoms with E-state index >= 15 is 0 Å². The van der Waals surface area contributed by atoms with E-state index in [2.05, 4.69) is 5.32 Å². The first kappa shape index (κ1) is 19.4. The fraction of sp³-hybridized carbons (Fsp3) is 0.0526. The van der Waals surface area contributed by atoms with Gasteiger partial charge in [-0.3, -0.25) is 4.79 Å². The van der Waals surface area contributed by atoms with Gasteiger partial charge in [-0.25, -0.2) is 18.0 Å². The number of aromatic carboxylic acids is 1. The molecule has 2 aromatic carbocycles. The first-order valence-electron chi connectivity index (χ1n) is 7.80. The molecule has 0 atom stereocenters. The summed E-state index contributed by atoms with van der Waals surface area (Å²) in [5, 5.41) is 22.7. The van der Waals surface area contributed by atoms with Gasteiger partial charge < -0.3 is 15.5 Å². The molecule has 144 valence electrons. The Morgan fingerprint density at radius 3 is 2.39 bits per heavy atom. The van der Waals surface area contributed by atoms with Gasteiger partial charge in [-0.1, -0.05) is 12.1 Å². The highest BCUT2D eigenvalue weighted by atomic mass is 32.1. The highest BCUT2D eigenvalue weighted by Gasteiger charge is 2.25. The van der Waals surface area contributed by atoms with Crippen LogP contribution in [-0.4, -0.2) is 22.1 Å². The number of nitrogens with one attached hydrogen (secondary N) is 1. The van der Waals surface area contributed by atoms with Crippen LogP contribution in [0.3, 0.4) is 0 Å². The smallest absolute Gasteiger partial charge is 0.339 e. The first-order chi connectivity index (χ1) is 13.2. The Balaban J connectivity index is 2.04. The Kier molecular flexibility index (Phi) is 5.10. The fourth-order valence-corrected chi connectivity index (χ4v) is 3.53. The molecule has 0 saturated heterocycles. The Morgan fingerprint density at radius 1 is 1.04 bits per heavy atom. The standard InChI is InChI=1S/C19H12F3NO4S/c1-8-2-4-10(16(22)15(8)21)12-7-28-18(14(12)19(26)27)23-17(25)11-5-3-9(20)6-13(11)24/h2-7,24H,1H3,(H,23,25)(H,26,27). The largest absolute Gasteiger partial charge is 0.507 e. The molecule has 0 aliphatic heterocycles. The summed E-state index contributed by atoms with van der Waals surface area (Å²) in [6.45, 7) is 1.37. The average Bonchev–Trinajstić information content (AvgIpc) is 3.03. The molecule has 1 heterocycles. The van der Waals surface area contributed by atoms with Gasteiger partial charge in [-0.2, -0.15) is 0 Å². The van der Waals surface area contributed by atoms with Crippen LogP contribution in [0.15, 0.2) is 35.7 Å². The van der Waals surface area contributed by atoms with Crippen molar-refractivity contribution in [3.63, 3.8) is 0 Å². The number of thiophene rings is 1. The molecule has 0 unspecified atom stereocenters. The maximum absolute atomic E-state index is 14.3. The Labute approximate surface area is 160 Å². The quantitative estimate of drug-likeness (QED) is 0.580. The zero-order valence-electron chi connectivity index (χ0n) is 14.2. The normalized spacial score (nSPS) is 10.7. The van der Waals surface area contributed by atoms with Gasteiger partial charge in [0.2, 0.25) is 0 Å². The van der Waals surface area contributed by atoms with Crippen molar-refractivity contribution in [2.24, 2.45) is 0 Å². The molecule has 0 radical (unpaired) electrons. The predicted octanol–water partition coefficient (Wildman–Crippen LogP) is 4.80. The molecule has 3 N–H and O–H groups in total. The van der Waals surface area contributed by atoms with E-state index in [9.17, 15) is 33.0 Å². The van der Waals surface area contributed by atoms with E-state index < -0.39 is 40.6 Å². The lowest BCUT2D eigenvalue weighted by Crippen LogP contribution is -2.14. The van der Waals surface area contributed by atoms with Gasteiger partial charge in [0.15, 0.2) is 11.6 Å². The van der Waals surface area contributed by atoms with Crippen molar-refractivity contribution in [2.75, 3.05) is 5.32 Å². The monoisotopic (exact) mass is 407 g/mol. The molecule has 0 aliphatic rings. The summed E-state index contributed by atoms with van der Waals surface area (Å²) in [4.78, 5) is 24.0. The summed E-state index contributed by atoms with van der Waals surface area (Å²) < 4.78 is 41.2. The van der Waals surface area contributed by atoms with Crippen LogP contribution in [0.2, 0.25) is 0 Å². The van der Waals surface area contributed by atoms with Gasteiger partial charge in [0.05, 0.1) is 5.56 Å². The van der Waals surface area contributed by atoms with Crippen LogP contribution in [0.25, 0.3) is 11.1 Å². The van der Waals surface area contributed by atoms with Gasteiger partial charge in [0.25, 0.3) is 5.91 Å². The molecule has 0 fully saturated rings. The highest BCUT2D eigenvalue weighted by molar-refractivity contribution is 7.15. The Bertz CT molecular complexity index is 1110. The topological polar surface area (TPSA) is 86.6 Å². The molecule has 9 heteroatoms. The van der Waals surface area contributed by atoms with E-state index in [4.69, 9.17) is 0 Å². The summed E-state index contributed by atoms with van der Waals surface area (Å²) in [5.41, 5.74) is -1.01. The molecule has 1 aromatic heterocycles. The number of carboxylic acid groups (broad SMARTS) is 1. The fourth-order valence-electron chi connectivity index (χ4n) is 2.58. The Hall–Kier alpha value is -3.33. The van der Waals surface area contributed by atoms with E-state index in [1.807, 2.05) is 0 Å². The number of hydrogen-bond acceptors (Lipinski definition) is 4. The van der Waals surface area contributed by atoms with Crippen LogP contribution in [0.5, 0.6) is 5.75 Å². The molecule has 0 bridgehead atoms. The van der Waals surface area contributed by atoms with Crippen molar-refractivity contribution in [1.82, 2.24) is 0 Å². The number of aryl methyl sites for hydroxylation is 1. The third-order valence-electron chi connectivity index (χ3n) is 4.00. The number of phenols is 1. The van der Waals surface area contributed by atoms with Crippen molar-refractivity contribution in [2.45, 2.75) is 6.92 Å². The minimum absolute atomic E-state index is 0.0636. The zero-order chi connectivity index (χ0) is 20.6. The van der Waals surface area contributed by atoms with Gasteiger partial charge in [0, 0.05) is 22.6 Å². The van der Waals surface area contributed by atoms with Crippen molar-refractivity contribution in [3.8, 4) is 16.9 Å². The van der Waals surface area contributed by atoms with Gasteiger partial charge in [0.1, 0.15) is 22.1 Å². The second-order valence-corrected chi connectivity index (χ2v) is 6.71. The number of hydrogen-bond donors (Lipinski definition) is 3. The molecule has 1 amide bonds. The predicted molar refractivity (Wildman–Crippen MR) is 97.4 cm³/mol. The molecule has 0 saturated carbocycles. The van der Waals surface area contributed by atoms with E-state index in [-0.39, 0.29) is 27.3 Å². The number of carboxylic acids is 1. The Morgan fingerprint density at radius 2 is 1.75 bits per heavy atom. The highest BCUT2D eigenvalue weighted by Crippen LogP contribution is 2.38. The van der Waals surface area contributed by atoms with Crippen LogP contribution in [-0.2, 0) is 0 Å². The lowest BCUT2D eigenvalue weighted by atomic mass is 10.0. The number of carbonyl (C=O) groups excluding carboxylic acids is 1. The molecule has 28 heavy (non-hydrogen) atoms. The van der Waals surface area contributed by atoms with Gasteiger partial charge >= 0.3 is 5.97 Å². The van der Waals surface area contributed by atoms with E-state index in [1.165, 1.54) is 24.4 Å². The average molecular weight is 407 g/mol. The number of benzene rings is 2. The maximum atomic E-state index is 14.3. The van der Waals surface area contributed by atoms with E-state index in [0.29, 0.717) is 0 Å². The SMILES string of the molecule is Cc1ccc(-c2csc(NC(=O)c3ccc(F)cc3O)c2C(=O)O)c(F)c1F. The minimum atomic E-state index is -1.46. The molecular formula is C19H12F3NO4S. The second-order valence-electron chi connectivity index (χ2n) is 5.83. The third-order valence-corrected chi connectivity index (χ3v) is 4.90. The maximum Gasteiger partial charge on any atom is 0.339 e. The number of carbonyl (C=O) groups is 2. The molecular weight excluding hydrogens is 395 g/mol. The van der Waals surface area contributed by atoms with Crippen molar-refractivity contribution in [1.29, 1.82) is 0 Å². The molecule has 3 rings (SSSR count). The minimum Gasteiger partial charge on any atom is -0.507 e. The van der Waals surface area contributed by atoms with Crippen LogP contribution in [0, 0.1) is 24.4 Å². The second kappa shape index (κ2) is 7.35. The van der Waals surface area contributed by atoms with Crippen molar-refractivity contribution < 1.29 is 33.0 Å². The molecule has 0 spiro atoms. The molecule has 3 aromatic rings. The van der Waals surface area contributed by atoms with Gasteiger partial charge in [-0.15, -0.1) is 11.3 Å². The van der Waals surface area contributed by atoms with E-state index in [0.717, 1.165) is 29.5 Å². The van der Waals surface area contributed by atoms with E-state index in [1.54, 1.807) is 0 Å². The van der Waals surface area contributed by atoms with Crippen molar-refractivity contribution >= 4 is 28.2 Å². The van der Waals surface area contributed by atoms with Crippen LogP contribution in [0.4, 0.5) is 18.2 Å². The number of rotatable bonds is 4. The lowest BCUT2D eigenvalue weighted by Gasteiger charge is -2.09. The molecule has 5 nitrogen and oxygen atoms in total. The van der Waals surface area contributed by atoms with Gasteiger partial charge in [-0.05, 0) is 24.6 Å². The summed E-state index contributed by atoms with van der Waals surface area (Å²) in [6, 6.07) is 5.28. The number of aromatic hydroxyl groups is 1. The third kappa shape index (κ3) is 3.44. The zero-order valence-corrected chi connectivity index (χ0v) is 15.0. The van der Waals surface area contributed by atoms with Crippen LogP contribution < -0.4 is 5.32 Å². The summed E-state index contributed by atoms with van der Waals surface area (Å²) in [6.07, 6.45) is 0. The summed E-state index contributed by atoms with van der Waals surface area (Å²) >= 11 is 0.792. The lowest BCUT2D eigenvalue weighted by molar-refractivity contribution is 0.0699. The van der Waals surface area contributed by atoms with Crippen molar-refractivity contribution in [3.05, 3.63) is 69.9 Å². The number of amides is 1. The number of halogens is 3. The van der Waals surface area contributed by atoms with Crippen LogP contribution >= 0.6 is 11.3 Å².